The molecule has 5 nitrogen and oxygen atoms in total. The molecule has 19 heavy (non-hydrogen) atoms. The second-order valence-electron chi connectivity index (χ2n) is 4.47. The molecule has 0 bridgehead atoms. The minimum atomic E-state index is -0.521. The Hall–Kier alpha value is -2.01. The van der Waals surface area contributed by atoms with E-state index in [1.807, 2.05) is 24.3 Å². The number of primary amides is 1. The first kappa shape index (κ1) is 15.0. The topological polar surface area (TPSA) is 90.4 Å². The summed E-state index contributed by atoms with van der Waals surface area (Å²) >= 11 is 0. The molecular formula is C14H21N3O2. The van der Waals surface area contributed by atoms with E-state index in [9.17, 15) is 4.79 Å². The number of amides is 1. The number of ether oxygens (including phenoxy) is 1. The Morgan fingerprint density at radius 2 is 2.00 bits per heavy atom. The van der Waals surface area contributed by atoms with Gasteiger partial charge in [0.05, 0.1) is 7.11 Å². The number of rotatable bonds is 7. The third kappa shape index (κ3) is 4.63. The number of carbonyl (C=O) groups is 1. The molecule has 0 aliphatic carbocycles. The maximum absolute atomic E-state index is 11.4. The zero-order chi connectivity index (χ0) is 14.4. The predicted molar refractivity (Wildman–Crippen MR) is 75.6 cm³/mol. The highest BCUT2D eigenvalue weighted by atomic mass is 16.5. The Balaban J connectivity index is 2.72. The smallest absolute Gasteiger partial charge is 0.240 e. The van der Waals surface area contributed by atoms with Crippen molar-refractivity contribution in [1.29, 1.82) is 0 Å². The fourth-order valence-electron chi connectivity index (χ4n) is 1.58. The van der Waals surface area contributed by atoms with Gasteiger partial charge in [0.15, 0.2) is 0 Å². The number of nitrogens with two attached hydrogens (primary N) is 2. The van der Waals surface area contributed by atoms with Crippen LogP contribution in [0.4, 0.5) is 0 Å². The third-order valence-electron chi connectivity index (χ3n) is 2.85. The fraction of sp³-hybridized carbons (Fsp3) is 0.357. The largest absolute Gasteiger partial charge is 0.497 e. The molecule has 1 aromatic rings. The molecule has 0 aliphatic heterocycles. The standard InChI is InChI=1S/C14H21N3O2/c1-9(15)10(2)17-13(14(16)18)8-11-4-6-12(19-3)7-5-11/h4-7,9,13,17H,2,8,15H2,1,3H3,(H2,16,18)/t9-,13-/m0/s1. The molecule has 0 heterocycles. The third-order valence-corrected chi connectivity index (χ3v) is 2.85. The highest BCUT2D eigenvalue weighted by Crippen LogP contribution is 2.13. The number of hydrogen-bond donors (Lipinski definition) is 3. The Labute approximate surface area is 113 Å². The van der Waals surface area contributed by atoms with E-state index in [4.69, 9.17) is 16.2 Å². The molecular weight excluding hydrogens is 242 g/mol. The summed E-state index contributed by atoms with van der Waals surface area (Å²) in [5, 5.41) is 2.97. The average Bonchev–Trinajstić information content (AvgIpc) is 2.38. The van der Waals surface area contributed by atoms with E-state index in [-0.39, 0.29) is 6.04 Å². The van der Waals surface area contributed by atoms with E-state index in [1.165, 1.54) is 0 Å². The highest BCUT2D eigenvalue weighted by Gasteiger charge is 2.17. The fourth-order valence-corrected chi connectivity index (χ4v) is 1.58. The zero-order valence-electron chi connectivity index (χ0n) is 11.3. The molecule has 0 fully saturated rings. The van der Waals surface area contributed by atoms with Gasteiger partial charge in [-0.1, -0.05) is 18.7 Å². The van der Waals surface area contributed by atoms with Crippen molar-refractivity contribution in [2.45, 2.75) is 25.4 Å². The van der Waals surface area contributed by atoms with E-state index in [2.05, 4.69) is 11.9 Å². The minimum Gasteiger partial charge on any atom is -0.497 e. The van der Waals surface area contributed by atoms with Gasteiger partial charge in [0.25, 0.3) is 0 Å². The van der Waals surface area contributed by atoms with Crippen LogP contribution in [0.5, 0.6) is 5.75 Å². The lowest BCUT2D eigenvalue weighted by molar-refractivity contribution is -0.119. The van der Waals surface area contributed by atoms with E-state index < -0.39 is 11.9 Å². The molecule has 104 valence electrons. The number of carbonyl (C=O) groups excluding carboxylic acids is 1. The summed E-state index contributed by atoms with van der Waals surface area (Å²) in [5.74, 6) is 0.338. The molecule has 0 saturated heterocycles. The molecule has 0 aliphatic rings. The van der Waals surface area contributed by atoms with Gasteiger partial charge in [-0.3, -0.25) is 4.79 Å². The van der Waals surface area contributed by atoms with Crippen molar-refractivity contribution >= 4 is 5.91 Å². The molecule has 1 aromatic carbocycles. The second kappa shape index (κ2) is 6.80. The van der Waals surface area contributed by atoms with Gasteiger partial charge in [0.2, 0.25) is 5.91 Å². The van der Waals surface area contributed by atoms with E-state index in [0.29, 0.717) is 12.1 Å². The second-order valence-corrected chi connectivity index (χ2v) is 4.47. The van der Waals surface area contributed by atoms with Gasteiger partial charge in [-0.15, -0.1) is 0 Å². The molecule has 5 heteroatoms. The summed E-state index contributed by atoms with van der Waals surface area (Å²) in [6.07, 6.45) is 0.477. The summed E-state index contributed by atoms with van der Waals surface area (Å²) in [6, 6.07) is 6.71. The van der Waals surface area contributed by atoms with E-state index in [1.54, 1.807) is 14.0 Å². The molecule has 0 spiro atoms. The zero-order valence-corrected chi connectivity index (χ0v) is 11.3. The van der Waals surface area contributed by atoms with Crippen LogP contribution in [0.1, 0.15) is 12.5 Å². The average molecular weight is 263 g/mol. The predicted octanol–water partition coefficient (Wildman–Crippen LogP) is 0.542. The van der Waals surface area contributed by atoms with Crippen LogP contribution in [0.2, 0.25) is 0 Å². The number of nitrogens with one attached hydrogen (secondary N) is 1. The minimum absolute atomic E-state index is 0.238. The normalized spacial score (nSPS) is 13.4. The lowest BCUT2D eigenvalue weighted by atomic mass is 10.0. The van der Waals surface area contributed by atoms with Gasteiger partial charge < -0.3 is 21.5 Å². The van der Waals surface area contributed by atoms with E-state index in [0.717, 1.165) is 11.3 Å². The van der Waals surface area contributed by atoms with Crippen LogP contribution >= 0.6 is 0 Å². The van der Waals surface area contributed by atoms with Crippen molar-refractivity contribution in [1.82, 2.24) is 5.32 Å². The van der Waals surface area contributed by atoms with Crippen LogP contribution in [-0.4, -0.2) is 25.1 Å². The molecule has 1 rings (SSSR count). The van der Waals surface area contributed by atoms with Gasteiger partial charge in [-0.2, -0.15) is 0 Å². The molecule has 0 saturated carbocycles. The molecule has 0 aromatic heterocycles. The summed E-state index contributed by atoms with van der Waals surface area (Å²) < 4.78 is 5.08. The molecule has 5 N–H and O–H groups in total. The summed E-state index contributed by atoms with van der Waals surface area (Å²) in [7, 11) is 1.61. The van der Waals surface area contributed by atoms with E-state index >= 15 is 0 Å². The molecule has 0 unspecified atom stereocenters. The van der Waals surface area contributed by atoms with Gasteiger partial charge in [0.1, 0.15) is 11.8 Å². The first-order chi connectivity index (χ1) is 8.93. The van der Waals surface area contributed by atoms with Crippen molar-refractivity contribution < 1.29 is 9.53 Å². The highest BCUT2D eigenvalue weighted by molar-refractivity contribution is 5.80. The van der Waals surface area contributed by atoms with Crippen LogP contribution in [0.25, 0.3) is 0 Å². The maximum Gasteiger partial charge on any atom is 0.240 e. The van der Waals surface area contributed by atoms with Gasteiger partial charge in [-0.25, -0.2) is 0 Å². The van der Waals surface area contributed by atoms with Crippen molar-refractivity contribution in [3.63, 3.8) is 0 Å². The van der Waals surface area contributed by atoms with Crippen molar-refractivity contribution in [2.75, 3.05) is 7.11 Å². The number of hydrogen-bond acceptors (Lipinski definition) is 4. The summed E-state index contributed by atoms with van der Waals surface area (Å²) in [5.41, 5.74) is 12.6. The van der Waals surface area contributed by atoms with Crippen molar-refractivity contribution in [3.8, 4) is 5.75 Å². The Bertz CT molecular complexity index is 441. The first-order valence-corrected chi connectivity index (χ1v) is 6.07. The lowest BCUT2D eigenvalue weighted by Gasteiger charge is -2.20. The SMILES string of the molecule is C=C(N[C@@H](Cc1ccc(OC)cc1)C(N)=O)[C@H](C)N. The van der Waals surface area contributed by atoms with Gasteiger partial charge in [0, 0.05) is 18.2 Å². The van der Waals surface area contributed by atoms with Crippen LogP contribution in [-0.2, 0) is 11.2 Å². The summed E-state index contributed by atoms with van der Waals surface area (Å²) in [6.45, 7) is 5.57. The molecule has 1 amide bonds. The Morgan fingerprint density at radius 3 is 2.42 bits per heavy atom. The quantitative estimate of drug-likeness (QED) is 0.670. The first-order valence-electron chi connectivity index (χ1n) is 6.07. The molecule has 0 radical (unpaired) electrons. The van der Waals surface area contributed by atoms with Crippen molar-refractivity contribution in [3.05, 3.63) is 42.1 Å². The maximum atomic E-state index is 11.4. The van der Waals surface area contributed by atoms with Crippen LogP contribution < -0.4 is 21.5 Å². The van der Waals surface area contributed by atoms with Crippen molar-refractivity contribution in [2.24, 2.45) is 11.5 Å². The van der Waals surface area contributed by atoms with Gasteiger partial charge in [-0.05, 0) is 24.6 Å². The number of benzene rings is 1. The van der Waals surface area contributed by atoms with Gasteiger partial charge >= 0.3 is 0 Å². The molecule has 2 atom stereocenters. The lowest BCUT2D eigenvalue weighted by Crippen LogP contribution is -2.45. The summed E-state index contributed by atoms with van der Waals surface area (Å²) in [4.78, 5) is 11.4. The number of methoxy groups -OCH3 is 1. The van der Waals surface area contributed by atoms with Crippen LogP contribution in [0.15, 0.2) is 36.5 Å². The Kier molecular flexibility index (Phi) is 5.38. The monoisotopic (exact) mass is 263 g/mol. The van der Waals surface area contributed by atoms with Crippen LogP contribution in [0.3, 0.4) is 0 Å². The van der Waals surface area contributed by atoms with Crippen LogP contribution in [0, 0.1) is 0 Å². The Morgan fingerprint density at radius 1 is 1.42 bits per heavy atom.